The zero-order chi connectivity index (χ0) is 18.0. The minimum Gasteiger partial charge on any atom is -0.390 e. The molecule has 0 saturated carbocycles. The molecule has 1 N–H and O–H groups in total. The average Bonchev–Trinajstić information content (AvgIpc) is 3.20. The smallest absolute Gasteiger partial charge is 0.147 e. The van der Waals surface area contributed by atoms with E-state index < -0.39 is 6.10 Å². The van der Waals surface area contributed by atoms with Crippen LogP contribution in [0.15, 0.2) is 43.1 Å². The highest BCUT2D eigenvalue weighted by Gasteiger charge is 2.31. The molecule has 5 nitrogen and oxygen atoms in total. The monoisotopic (exact) mass is 344 g/mol. The molecule has 1 aromatic carbocycles. The SMILES string of the molecule is CC(C)(C)C(O)C(CCCn1ccc2cccc(F)c21)n1cncn1. The molecular formula is C19H25FN4O. The Labute approximate surface area is 147 Å². The number of fused-ring (bicyclic) bond motifs is 1. The summed E-state index contributed by atoms with van der Waals surface area (Å²) < 4.78 is 17.8. The van der Waals surface area contributed by atoms with Crippen molar-refractivity contribution in [2.45, 2.75) is 52.3 Å². The maximum atomic E-state index is 14.1. The first-order chi connectivity index (χ1) is 11.9. The van der Waals surface area contributed by atoms with Gasteiger partial charge in [-0.05, 0) is 30.4 Å². The average molecular weight is 344 g/mol. The van der Waals surface area contributed by atoms with Crippen molar-refractivity contribution in [3.63, 3.8) is 0 Å². The number of aryl methyl sites for hydroxylation is 1. The van der Waals surface area contributed by atoms with Crippen LogP contribution in [0.2, 0.25) is 0 Å². The molecule has 0 bridgehead atoms. The Kier molecular flexibility index (Phi) is 4.90. The second-order valence-corrected chi connectivity index (χ2v) is 7.58. The molecule has 2 aromatic heterocycles. The predicted octanol–water partition coefficient (Wildman–Crippen LogP) is 3.80. The fourth-order valence-corrected chi connectivity index (χ4v) is 3.27. The standard InChI is InChI=1S/C19H25FN4O/c1-19(2,3)18(25)16(24-13-21-12-22-24)8-5-10-23-11-9-14-6-4-7-15(20)17(14)23/h4,6-7,9,11-13,16,18,25H,5,8,10H2,1-3H3. The van der Waals surface area contributed by atoms with Crippen LogP contribution in [-0.4, -0.2) is 30.5 Å². The molecule has 0 spiro atoms. The molecule has 0 radical (unpaired) electrons. The molecular weight excluding hydrogens is 319 g/mol. The van der Waals surface area contributed by atoms with Crippen molar-refractivity contribution in [2.24, 2.45) is 5.41 Å². The van der Waals surface area contributed by atoms with E-state index in [-0.39, 0.29) is 17.3 Å². The third-order valence-electron chi connectivity index (χ3n) is 4.67. The van der Waals surface area contributed by atoms with E-state index in [4.69, 9.17) is 0 Å². The quantitative estimate of drug-likeness (QED) is 0.740. The highest BCUT2D eigenvalue weighted by Crippen LogP contribution is 2.31. The van der Waals surface area contributed by atoms with Crippen LogP contribution in [-0.2, 0) is 6.54 Å². The van der Waals surface area contributed by atoms with Gasteiger partial charge in [-0.15, -0.1) is 0 Å². The number of hydrogen-bond acceptors (Lipinski definition) is 3. The molecule has 0 fully saturated rings. The molecule has 2 atom stereocenters. The van der Waals surface area contributed by atoms with Crippen molar-refractivity contribution in [2.75, 3.05) is 0 Å². The summed E-state index contributed by atoms with van der Waals surface area (Å²) >= 11 is 0. The topological polar surface area (TPSA) is 55.9 Å². The van der Waals surface area contributed by atoms with Crippen molar-refractivity contribution < 1.29 is 9.50 Å². The lowest BCUT2D eigenvalue weighted by Gasteiger charge is -2.33. The normalized spacial score (nSPS) is 14.8. The lowest BCUT2D eigenvalue weighted by Crippen LogP contribution is -2.36. The van der Waals surface area contributed by atoms with E-state index in [1.165, 1.54) is 12.4 Å². The van der Waals surface area contributed by atoms with Gasteiger partial charge in [0.25, 0.3) is 0 Å². The zero-order valence-electron chi connectivity index (χ0n) is 14.9. The Morgan fingerprint density at radius 2 is 2.04 bits per heavy atom. The molecule has 25 heavy (non-hydrogen) atoms. The van der Waals surface area contributed by atoms with Crippen LogP contribution >= 0.6 is 0 Å². The van der Waals surface area contributed by atoms with Gasteiger partial charge in [-0.3, -0.25) is 0 Å². The summed E-state index contributed by atoms with van der Waals surface area (Å²) in [7, 11) is 0. The molecule has 3 rings (SSSR count). The van der Waals surface area contributed by atoms with Gasteiger partial charge in [0.05, 0.1) is 17.7 Å². The Hall–Kier alpha value is -2.21. The number of aromatic nitrogens is 4. The molecule has 0 aliphatic rings. The second kappa shape index (κ2) is 6.96. The highest BCUT2D eigenvalue weighted by molar-refractivity contribution is 5.80. The summed E-state index contributed by atoms with van der Waals surface area (Å²) in [6.45, 7) is 6.72. The molecule has 0 aliphatic heterocycles. The number of hydrogen-bond donors (Lipinski definition) is 1. The summed E-state index contributed by atoms with van der Waals surface area (Å²) in [5.41, 5.74) is 0.374. The van der Waals surface area contributed by atoms with Crippen LogP contribution in [0, 0.1) is 11.2 Å². The Morgan fingerprint density at radius 3 is 2.72 bits per heavy atom. The number of aliphatic hydroxyl groups excluding tert-OH is 1. The first-order valence-corrected chi connectivity index (χ1v) is 8.63. The Bertz CT molecular complexity index is 820. The maximum Gasteiger partial charge on any atom is 0.147 e. The summed E-state index contributed by atoms with van der Waals surface area (Å²) in [5.74, 6) is -0.204. The molecule has 6 heteroatoms. The number of rotatable bonds is 6. The van der Waals surface area contributed by atoms with Crippen LogP contribution in [0.3, 0.4) is 0 Å². The van der Waals surface area contributed by atoms with Crippen LogP contribution in [0.4, 0.5) is 4.39 Å². The van der Waals surface area contributed by atoms with Crippen molar-refractivity contribution in [3.8, 4) is 0 Å². The molecule has 2 heterocycles. The van der Waals surface area contributed by atoms with Gasteiger partial charge in [-0.25, -0.2) is 14.1 Å². The van der Waals surface area contributed by atoms with E-state index in [2.05, 4.69) is 10.1 Å². The molecule has 2 unspecified atom stereocenters. The summed E-state index contributed by atoms with van der Waals surface area (Å²) in [6.07, 6.45) is 6.03. The minimum absolute atomic E-state index is 0.158. The van der Waals surface area contributed by atoms with Crippen molar-refractivity contribution in [1.29, 1.82) is 0 Å². The van der Waals surface area contributed by atoms with Gasteiger partial charge < -0.3 is 9.67 Å². The molecule has 0 amide bonds. The van der Waals surface area contributed by atoms with Crippen LogP contribution in [0.5, 0.6) is 0 Å². The van der Waals surface area contributed by atoms with Crippen LogP contribution in [0.1, 0.15) is 39.7 Å². The largest absolute Gasteiger partial charge is 0.390 e. The third kappa shape index (κ3) is 3.74. The minimum atomic E-state index is -0.549. The van der Waals surface area contributed by atoms with E-state index in [0.29, 0.717) is 12.1 Å². The first kappa shape index (κ1) is 17.6. The Morgan fingerprint density at radius 1 is 1.24 bits per heavy atom. The summed E-state index contributed by atoms with van der Waals surface area (Å²) in [5, 5.41) is 15.8. The van der Waals surface area contributed by atoms with Gasteiger partial charge in [0.2, 0.25) is 0 Å². The first-order valence-electron chi connectivity index (χ1n) is 8.63. The Balaban J connectivity index is 1.73. The summed E-state index contributed by atoms with van der Waals surface area (Å²) in [4.78, 5) is 4.00. The number of aliphatic hydroxyl groups is 1. The van der Waals surface area contributed by atoms with Gasteiger partial charge in [0.15, 0.2) is 0 Å². The lowest BCUT2D eigenvalue weighted by atomic mass is 9.83. The van der Waals surface area contributed by atoms with Gasteiger partial charge >= 0.3 is 0 Å². The number of para-hydroxylation sites is 1. The molecule has 0 aliphatic carbocycles. The van der Waals surface area contributed by atoms with E-state index >= 15 is 0 Å². The third-order valence-corrected chi connectivity index (χ3v) is 4.67. The molecule has 3 aromatic rings. The van der Waals surface area contributed by atoms with Crippen molar-refractivity contribution in [3.05, 3.63) is 48.9 Å². The van der Waals surface area contributed by atoms with E-state index in [0.717, 1.165) is 18.2 Å². The predicted molar refractivity (Wildman–Crippen MR) is 95.7 cm³/mol. The second-order valence-electron chi connectivity index (χ2n) is 7.58. The van der Waals surface area contributed by atoms with E-state index in [9.17, 15) is 9.50 Å². The van der Waals surface area contributed by atoms with Gasteiger partial charge in [-0.2, -0.15) is 5.10 Å². The fraction of sp³-hybridized carbons (Fsp3) is 0.474. The van der Waals surface area contributed by atoms with Gasteiger partial charge in [0.1, 0.15) is 18.5 Å². The van der Waals surface area contributed by atoms with Crippen LogP contribution < -0.4 is 0 Å². The van der Waals surface area contributed by atoms with E-state index in [1.807, 2.05) is 43.7 Å². The fourth-order valence-electron chi connectivity index (χ4n) is 3.27. The van der Waals surface area contributed by atoms with Crippen molar-refractivity contribution in [1.82, 2.24) is 19.3 Å². The van der Waals surface area contributed by atoms with E-state index in [1.54, 1.807) is 17.1 Å². The number of halogens is 1. The number of nitrogens with zero attached hydrogens (tertiary/aromatic N) is 4. The van der Waals surface area contributed by atoms with Crippen LogP contribution in [0.25, 0.3) is 10.9 Å². The van der Waals surface area contributed by atoms with Crippen molar-refractivity contribution >= 4 is 10.9 Å². The van der Waals surface area contributed by atoms with Gasteiger partial charge in [0, 0.05) is 18.1 Å². The maximum absolute atomic E-state index is 14.1. The lowest BCUT2D eigenvalue weighted by molar-refractivity contribution is 0.00833. The highest BCUT2D eigenvalue weighted by atomic mass is 19.1. The van der Waals surface area contributed by atoms with Gasteiger partial charge in [-0.1, -0.05) is 32.9 Å². The zero-order valence-corrected chi connectivity index (χ0v) is 14.9. The molecule has 134 valence electrons. The molecule has 0 saturated heterocycles. The number of benzene rings is 1. The summed E-state index contributed by atoms with van der Waals surface area (Å²) in [6, 6.07) is 6.89.